The summed E-state index contributed by atoms with van der Waals surface area (Å²) in [5.41, 5.74) is 2.89. The second-order valence-electron chi connectivity index (χ2n) is 9.41. The Balaban J connectivity index is 0.00000423. The lowest BCUT2D eigenvalue weighted by Crippen LogP contribution is -2.29. The lowest BCUT2D eigenvalue weighted by molar-refractivity contribution is 0.250. The number of rotatable bonds is 11. The van der Waals surface area contributed by atoms with Gasteiger partial charge in [0, 0.05) is 16.6 Å². The Morgan fingerprint density at radius 1 is 1.05 bits per heavy atom. The summed E-state index contributed by atoms with van der Waals surface area (Å²) in [7, 11) is -2.34. The number of hydrogen-bond donors (Lipinski definition) is 1. The maximum Gasteiger partial charge on any atom is 0.212 e. The first-order valence-electron chi connectivity index (χ1n) is 13.3. The lowest BCUT2D eigenvalue weighted by Gasteiger charge is -2.24. The van der Waals surface area contributed by atoms with Crippen molar-refractivity contribution >= 4 is 49.7 Å². The Morgan fingerprint density at radius 2 is 1.86 bits per heavy atom. The number of aromatic nitrogens is 2. The van der Waals surface area contributed by atoms with Crippen LogP contribution in [0, 0.1) is 5.82 Å². The van der Waals surface area contributed by atoms with E-state index in [-0.39, 0.29) is 19.9 Å². The molecule has 0 spiro atoms. The zero-order chi connectivity index (χ0) is 29.6. The predicted octanol–water partition coefficient (Wildman–Crippen LogP) is 7.71. The van der Waals surface area contributed by atoms with Crippen molar-refractivity contribution in [3.05, 3.63) is 101 Å². The van der Waals surface area contributed by atoms with Gasteiger partial charge in [-0.1, -0.05) is 45.0 Å². The van der Waals surface area contributed by atoms with Crippen LogP contribution in [-0.4, -0.2) is 41.7 Å². The van der Waals surface area contributed by atoms with Gasteiger partial charge in [0.15, 0.2) is 0 Å². The quantitative estimate of drug-likeness (QED) is 0.150. The molecule has 0 saturated heterocycles. The highest BCUT2D eigenvalue weighted by Crippen LogP contribution is 2.33. The molecule has 224 valence electrons. The van der Waals surface area contributed by atoms with E-state index in [0.29, 0.717) is 52.5 Å². The van der Waals surface area contributed by atoms with Crippen molar-refractivity contribution in [2.24, 2.45) is 0 Å². The largest absolute Gasteiger partial charge is 0.487 e. The molecule has 2 aromatic heterocycles. The maximum atomic E-state index is 13.5. The van der Waals surface area contributed by atoms with Crippen LogP contribution in [0.15, 0.2) is 83.5 Å². The van der Waals surface area contributed by atoms with Crippen LogP contribution in [0.3, 0.4) is 0 Å². The summed E-state index contributed by atoms with van der Waals surface area (Å²) in [4.78, 5) is 10.8. The van der Waals surface area contributed by atoms with Crippen molar-refractivity contribution in [1.82, 2.24) is 14.9 Å². The average Bonchev–Trinajstić information content (AvgIpc) is 3.47. The normalized spacial score (nSPS) is 11.7. The van der Waals surface area contributed by atoms with Crippen LogP contribution < -0.4 is 10.1 Å². The molecule has 11 heteroatoms. The highest BCUT2D eigenvalue weighted by atomic mass is 35.5. The molecule has 0 aliphatic rings. The van der Waals surface area contributed by atoms with Crippen LogP contribution in [0.5, 0.6) is 5.75 Å². The van der Waals surface area contributed by atoms with Gasteiger partial charge in [0.25, 0.3) is 0 Å². The van der Waals surface area contributed by atoms with Crippen molar-refractivity contribution in [2.45, 2.75) is 33.9 Å². The van der Waals surface area contributed by atoms with E-state index in [1.807, 2.05) is 49.1 Å². The van der Waals surface area contributed by atoms with Crippen LogP contribution in [0.4, 0.5) is 15.9 Å². The van der Waals surface area contributed by atoms with Crippen LogP contribution in [0.25, 0.3) is 22.2 Å². The van der Waals surface area contributed by atoms with Crippen LogP contribution in [-0.2, 0) is 16.9 Å². The summed E-state index contributed by atoms with van der Waals surface area (Å²) in [5, 5.41) is 5.68. The highest BCUT2D eigenvalue weighted by molar-refractivity contribution is 7.71. The molecule has 0 aliphatic heterocycles. The summed E-state index contributed by atoms with van der Waals surface area (Å²) in [6.07, 6.45) is 1.47. The molecule has 0 amide bonds. The fourth-order valence-corrected chi connectivity index (χ4v) is 5.40. The Hall–Kier alpha value is -4.25. The van der Waals surface area contributed by atoms with Gasteiger partial charge in [0.2, 0.25) is 10.3 Å². The Labute approximate surface area is 256 Å². The van der Waals surface area contributed by atoms with Crippen LogP contribution in [0.2, 0.25) is 5.02 Å². The third kappa shape index (κ3) is 7.59. The Kier molecular flexibility index (Phi) is 10.5. The zero-order valence-electron chi connectivity index (χ0n) is 22.9. The molecule has 3 aromatic carbocycles. The third-order valence-electron chi connectivity index (χ3n) is 6.76. The number of fused-ring (bicyclic) bond motifs is 1. The third-order valence-corrected chi connectivity index (χ3v) is 7.54. The zero-order valence-corrected chi connectivity index (χ0v) is 24.5. The van der Waals surface area contributed by atoms with Crippen molar-refractivity contribution in [1.29, 1.82) is 0 Å². The van der Waals surface area contributed by atoms with Gasteiger partial charge in [-0.2, -0.15) is 8.42 Å². The van der Waals surface area contributed by atoms with E-state index in [0.717, 1.165) is 16.5 Å². The second-order valence-corrected chi connectivity index (χ2v) is 10.6. The molecule has 1 N–H and O–H groups in total. The summed E-state index contributed by atoms with van der Waals surface area (Å²) >= 11 is 6.49. The van der Waals surface area contributed by atoms with Gasteiger partial charge < -0.3 is 14.5 Å². The molecule has 1 unspecified atom stereocenters. The van der Waals surface area contributed by atoms with Crippen LogP contribution >= 0.6 is 11.6 Å². The van der Waals surface area contributed by atoms with Gasteiger partial charge in [0.1, 0.15) is 47.9 Å². The average molecular weight is 623 g/mol. The summed E-state index contributed by atoms with van der Waals surface area (Å²) in [5.74, 6) is 1.83. The molecule has 2 heterocycles. The molecular formula is C32H32ClFN4O4S. The van der Waals surface area contributed by atoms with E-state index in [9.17, 15) is 12.8 Å². The molecule has 5 rings (SSSR count). The Morgan fingerprint density at radius 3 is 2.58 bits per heavy atom. The number of nitrogens with one attached hydrogen (secondary N) is 1. The topological polar surface area (TPSA) is 97.6 Å². The standard InChI is InChI=1S/C31H28ClFN4O4S.CH4/c1-3-37(4-2)27(18-42(38)39)30-13-12-28(41-30)21-8-10-26-24(15-21)31(35-19-34-26)36-23-9-11-29(25(32)16-23)40-17-20-6-5-7-22(33)14-20;/h5-16,18-19,27H,3-4,17H2,1-2H3,(H,34,35,36);1H4. The lowest BCUT2D eigenvalue weighted by atomic mass is 10.1. The van der Waals surface area contributed by atoms with E-state index >= 15 is 0 Å². The Bertz CT molecular complexity index is 1850. The van der Waals surface area contributed by atoms with Gasteiger partial charge in [-0.3, -0.25) is 4.90 Å². The highest BCUT2D eigenvalue weighted by Gasteiger charge is 2.21. The fourth-order valence-electron chi connectivity index (χ4n) is 4.65. The first-order chi connectivity index (χ1) is 20.3. The monoisotopic (exact) mass is 622 g/mol. The number of hydrogen-bond acceptors (Lipinski definition) is 8. The van der Waals surface area contributed by atoms with E-state index in [4.69, 9.17) is 20.8 Å². The molecule has 0 fully saturated rings. The van der Waals surface area contributed by atoms with E-state index in [2.05, 4.69) is 15.3 Å². The van der Waals surface area contributed by atoms with Gasteiger partial charge in [0.05, 0.1) is 15.9 Å². The van der Waals surface area contributed by atoms with E-state index in [1.54, 1.807) is 30.3 Å². The molecule has 43 heavy (non-hydrogen) atoms. The fraction of sp³-hybridized carbons (Fsp3) is 0.219. The molecular weight excluding hydrogens is 591 g/mol. The number of benzene rings is 3. The van der Waals surface area contributed by atoms with Crippen molar-refractivity contribution in [2.75, 3.05) is 18.4 Å². The molecule has 1 atom stereocenters. The SMILES string of the molecule is C.CCN(CC)C(C=S(=O)=O)c1ccc(-c2ccc3ncnc(Nc4ccc(OCc5cccc(F)c5)c(Cl)c4)c3c2)o1. The van der Waals surface area contributed by atoms with E-state index < -0.39 is 16.3 Å². The minimum absolute atomic E-state index is 0. The van der Waals surface area contributed by atoms with Crippen molar-refractivity contribution < 1.29 is 22.0 Å². The second kappa shape index (κ2) is 14.3. The van der Waals surface area contributed by atoms with Crippen molar-refractivity contribution in [3.8, 4) is 17.1 Å². The first-order valence-corrected chi connectivity index (χ1v) is 14.8. The van der Waals surface area contributed by atoms with Crippen molar-refractivity contribution in [3.63, 3.8) is 0 Å². The summed E-state index contributed by atoms with van der Waals surface area (Å²) < 4.78 is 48.4. The van der Waals surface area contributed by atoms with Crippen LogP contribution in [0.1, 0.15) is 38.6 Å². The van der Waals surface area contributed by atoms with Gasteiger partial charge in [-0.25, -0.2) is 14.4 Å². The number of halogens is 2. The first kappa shape index (κ1) is 31.7. The molecule has 5 aromatic rings. The van der Waals surface area contributed by atoms with Gasteiger partial charge in [-0.15, -0.1) is 0 Å². The minimum atomic E-state index is -2.34. The minimum Gasteiger partial charge on any atom is -0.487 e. The van der Waals surface area contributed by atoms with E-state index in [1.165, 1.54) is 23.8 Å². The molecule has 0 aliphatic carbocycles. The molecule has 0 radical (unpaired) electrons. The smallest absolute Gasteiger partial charge is 0.212 e. The summed E-state index contributed by atoms with van der Waals surface area (Å²) in [6.45, 7) is 5.45. The maximum absolute atomic E-state index is 13.5. The molecule has 8 nitrogen and oxygen atoms in total. The number of furan rings is 1. The number of nitrogens with zero attached hydrogens (tertiary/aromatic N) is 3. The predicted molar refractivity (Wildman–Crippen MR) is 170 cm³/mol. The molecule has 0 bridgehead atoms. The number of ether oxygens (including phenoxy) is 1. The van der Waals surface area contributed by atoms with Gasteiger partial charge >= 0.3 is 0 Å². The number of anilines is 2. The van der Waals surface area contributed by atoms with Gasteiger partial charge in [-0.05, 0) is 79.3 Å². The molecule has 0 saturated carbocycles. The summed E-state index contributed by atoms with van der Waals surface area (Å²) in [6, 6.07) is 20.3.